The molecule has 0 aromatic carbocycles. The summed E-state index contributed by atoms with van der Waals surface area (Å²) in [6, 6.07) is 5.20. The number of nitrogens with zero attached hydrogens (tertiary/aromatic N) is 3. The van der Waals surface area contributed by atoms with Gasteiger partial charge in [0.1, 0.15) is 11.4 Å². The standard InChI is InChI=1S/C16H18N4O3/c1-10(21)19-14-8-11(5-6-17-14)12-7-13(16(22)20(2)3)15(23-4)18-9-12/h5-9H,1-4H3,(H,17,19,21). The molecule has 2 rings (SSSR count). The zero-order valence-electron chi connectivity index (χ0n) is 13.5. The first-order chi connectivity index (χ1) is 10.9. The first-order valence-corrected chi connectivity index (χ1v) is 6.92. The van der Waals surface area contributed by atoms with Crippen LogP contribution in [-0.2, 0) is 4.79 Å². The summed E-state index contributed by atoms with van der Waals surface area (Å²) in [5.41, 5.74) is 1.88. The Morgan fingerprint density at radius 2 is 1.91 bits per heavy atom. The molecular formula is C16H18N4O3. The van der Waals surface area contributed by atoms with Gasteiger partial charge in [-0.2, -0.15) is 0 Å². The van der Waals surface area contributed by atoms with Crippen LogP contribution in [0.15, 0.2) is 30.6 Å². The lowest BCUT2D eigenvalue weighted by molar-refractivity contribution is -0.114. The fourth-order valence-corrected chi connectivity index (χ4v) is 2.03. The topological polar surface area (TPSA) is 84.4 Å². The van der Waals surface area contributed by atoms with Crippen molar-refractivity contribution in [3.05, 3.63) is 36.2 Å². The first kappa shape index (κ1) is 16.4. The molecule has 0 fully saturated rings. The van der Waals surface area contributed by atoms with Crippen molar-refractivity contribution in [1.82, 2.24) is 14.9 Å². The second kappa shape index (κ2) is 6.87. The molecule has 0 aliphatic carbocycles. The number of methoxy groups -OCH3 is 1. The van der Waals surface area contributed by atoms with Gasteiger partial charge in [-0.25, -0.2) is 9.97 Å². The van der Waals surface area contributed by atoms with E-state index in [-0.39, 0.29) is 17.7 Å². The van der Waals surface area contributed by atoms with Crippen LogP contribution in [0, 0.1) is 0 Å². The molecule has 0 saturated heterocycles. The lowest BCUT2D eigenvalue weighted by atomic mass is 10.1. The third kappa shape index (κ3) is 3.82. The third-order valence-corrected chi connectivity index (χ3v) is 3.08. The minimum absolute atomic E-state index is 0.202. The Balaban J connectivity index is 2.46. The fraction of sp³-hybridized carbons (Fsp3) is 0.250. The van der Waals surface area contributed by atoms with Crippen molar-refractivity contribution in [3.63, 3.8) is 0 Å². The SMILES string of the molecule is COc1ncc(-c2ccnc(NC(C)=O)c2)cc1C(=O)N(C)C. The zero-order valence-corrected chi connectivity index (χ0v) is 13.5. The summed E-state index contributed by atoms with van der Waals surface area (Å²) in [5.74, 6) is 0.299. The van der Waals surface area contributed by atoms with Gasteiger partial charge in [-0.05, 0) is 23.8 Å². The first-order valence-electron chi connectivity index (χ1n) is 6.92. The highest BCUT2D eigenvalue weighted by molar-refractivity contribution is 5.97. The number of pyridine rings is 2. The maximum absolute atomic E-state index is 12.3. The van der Waals surface area contributed by atoms with E-state index in [0.29, 0.717) is 11.4 Å². The molecular weight excluding hydrogens is 296 g/mol. The number of anilines is 1. The summed E-state index contributed by atoms with van der Waals surface area (Å²) in [6.07, 6.45) is 3.19. The van der Waals surface area contributed by atoms with Crippen LogP contribution in [0.3, 0.4) is 0 Å². The van der Waals surface area contributed by atoms with Crippen LogP contribution in [0.4, 0.5) is 5.82 Å². The van der Waals surface area contributed by atoms with Gasteiger partial charge in [-0.15, -0.1) is 0 Å². The van der Waals surface area contributed by atoms with Crippen molar-refractivity contribution in [2.24, 2.45) is 0 Å². The predicted molar refractivity (Wildman–Crippen MR) is 86.3 cm³/mol. The average Bonchev–Trinajstić information content (AvgIpc) is 2.53. The third-order valence-electron chi connectivity index (χ3n) is 3.08. The number of hydrogen-bond donors (Lipinski definition) is 1. The summed E-state index contributed by atoms with van der Waals surface area (Å²) in [4.78, 5) is 33.1. The highest BCUT2D eigenvalue weighted by atomic mass is 16.5. The predicted octanol–water partition coefficient (Wildman–Crippen LogP) is 1.81. The minimum Gasteiger partial charge on any atom is -0.480 e. The number of hydrogen-bond acceptors (Lipinski definition) is 5. The number of carbonyl (C=O) groups excluding carboxylic acids is 2. The lowest BCUT2D eigenvalue weighted by Gasteiger charge is -2.14. The molecule has 120 valence electrons. The maximum atomic E-state index is 12.3. The van der Waals surface area contributed by atoms with Gasteiger partial charge in [0.2, 0.25) is 11.8 Å². The summed E-state index contributed by atoms with van der Waals surface area (Å²) >= 11 is 0. The van der Waals surface area contributed by atoms with Gasteiger partial charge in [0.05, 0.1) is 7.11 Å². The normalized spacial score (nSPS) is 10.1. The van der Waals surface area contributed by atoms with Gasteiger partial charge in [-0.1, -0.05) is 0 Å². The molecule has 2 aromatic rings. The molecule has 23 heavy (non-hydrogen) atoms. The molecule has 0 atom stereocenters. The number of ether oxygens (including phenoxy) is 1. The Labute approximate surface area is 134 Å². The van der Waals surface area contributed by atoms with Crippen LogP contribution in [-0.4, -0.2) is 47.9 Å². The van der Waals surface area contributed by atoms with Gasteiger partial charge >= 0.3 is 0 Å². The monoisotopic (exact) mass is 314 g/mol. The Kier molecular flexibility index (Phi) is 4.90. The highest BCUT2D eigenvalue weighted by Crippen LogP contribution is 2.26. The number of amides is 2. The van der Waals surface area contributed by atoms with E-state index in [4.69, 9.17) is 4.74 Å². The van der Waals surface area contributed by atoms with E-state index in [0.717, 1.165) is 11.1 Å². The molecule has 2 aromatic heterocycles. The van der Waals surface area contributed by atoms with E-state index in [2.05, 4.69) is 15.3 Å². The molecule has 0 unspecified atom stereocenters. The number of aromatic nitrogens is 2. The second-order valence-corrected chi connectivity index (χ2v) is 5.09. The van der Waals surface area contributed by atoms with Crippen LogP contribution in [0.2, 0.25) is 0 Å². The fourth-order valence-electron chi connectivity index (χ4n) is 2.03. The lowest BCUT2D eigenvalue weighted by Crippen LogP contribution is -2.22. The summed E-state index contributed by atoms with van der Waals surface area (Å²) in [5, 5.41) is 2.62. The molecule has 0 aliphatic rings. The van der Waals surface area contributed by atoms with Gasteiger partial charge < -0.3 is 15.0 Å². The Morgan fingerprint density at radius 1 is 1.17 bits per heavy atom. The Hall–Kier alpha value is -2.96. The molecule has 7 heteroatoms. The van der Waals surface area contributed by atoms with E-state index in [9.17, 15) is 9.59 Å². The second-order valence-electron chi connectivity index (χ2n) is 5.09. The van der Waals surface area contributed by atoms with E-state index >= 15 is 0 Å². The van der Waals surface area contributed by atoms with Crippen molar-refractivity contribution in [1.29, 1.82) is 0 Å². The van der Waals surface area contributed by atoms with Gasteiger partial charge in [0.15, 0.2) is 0 Å². The van der Waals surface area contributed by atoms with Crippen LogP contribution in [0.1, 0.15) is 17.3 Å². The molecule has 2 heterocycles. The van der Waals surface area contributed by atoms with Gasteiger partial charge in [0.25, 0.3) is 5.91 Å². The van der Waals surface area contributed by atoms with Gasteiger partial charge in [0, 0.05) is 39.0 Å². The smallest absolute Gasteiger partial charge is 0.258 e. The van der Waals surface area contributed by atoms with Gasteiger partial charge in [-0.3, -0.25) is 9.59 Å². The molecule has 0 bridgehead atoms. The Bertz CT molecular complexity index is 744. The largest absolute Gasteiger partial charge is 0.480 e. The quantitative estimate of drug-likeness (QED) is 0.930. The molecule has 0 saturated carbocycles. The molecule has 0 aliphatic heterocycles. The summed E-state index contributed by atoms with van der Waals surface area (Å²) in [6.45, 7) is 1.41. The van der Waals surface area contributed by atoms with E-state index in [1.807, 2.05) is 0 Å². The van der Waals surface area contributed by atoms with E-state index in [1.165, 1.54) is 18.9 Å². The van der Waals surface area contributed by atoms with Crippen molar-refractivity contribution >= 4 is 17.6 Å². The van der Waals surface area contributed by atoms with Crippen molar-refractivity contribution in [2.45, 2.75) is 6.92 Å². The molecule has 0 spiro atoms. The molecule has 2 amide bonds. The van der Waals surface area contributed by atoms with Crippen LogP contribution in [0.25, 0.3) is 11.1 Å². The Morgan fingerprint density at radius 3 is 2.52 bits per heavy atom. The van der Waals surface area contributed by atoms with E-state index < -0.39 is 0 Å². The number of rotatable bonds is 4. The molecule has 7 nitrogen and oxygen atoms in total. The molecule has 1 N–H and O–H groups in total. The highest BCUT2D eigenvalue weighted by Gasteiger charge is 2.17. The average molecular weight is 314 g/mol. The van der Waals surface area contributed by atoms with Crippen molar-refractivity contribution in [2.75, 3.05) is 26.5 Å². The van der Waals surface area contributed by atoms with E-state index in [1.54, 1.807) is 44.7 Å². The van der Waals surface area contributed by atoms with Crippen LogP contribution < -0.4 is 10.1 Å². The summed E-state index contributed by atoms with van der Waals surface area (Å²) in [7, 11) is 4.79. The zero-order chi connectivity index (χ0) is 17.0. The van der Waals surface area contributed by atoms with Crippen molar-refractivity contribution < 1.29 is 14.3 Å². The van der Waals surface area contributed by atoms with Crippen LogP contribution in [0.5, 0.6) is 5.88 Å². The molecule has 0 radical (unpaired) electrons. The van der Waals surface area contributed by atoms with Crippen LogP contribution >= 0.6 is 0 Å². The van der Waals surface area contributed by atoms with Crippen molar-refractivity contribution in [3.8, 4) is 17.0 Å². The number of carbonyl (C=O) groups is 2. The number of nitrogens with one attached hydrogen (secondary N) is 1. The summed E-state index contributed by atoms with van der Waals surface area (Å²) < 4.78 is 5.16. The maximum Gasteiger partial charge on any atom is 0.258 e. The minimum atomic E-state index is -0.203.